The van der Waals surface area contributed by atoms with Crippen molar-refractivity contribution in [1.82, 2.24) is 9.78 Å². The zero-order chi connectivity index (χ0) is 21.0. The summed E-state index contributed by atoms with van der Waals surface area (Å²) in [5.41, 5.74) is 8.45. The molecule has 0 bridgehead atoms. The fourth-order valence-corrected chi connectivity index (χ4v) is 4.88. The molecule has 8 heteroatoms. The van der Waals surface area contributed by atoms with Crippen LogP contribution in [0.5, 0.6) is 0 Å². The summed E-state index contributed by atoms with van der Waals surface area (Å²) in [6.07, 6.45) is 2.85. The number of hydrogen-bond donors (Lipinski definition) is 2. The summed E-state index contributed by atoms with van der Waals surface area (Å²) < 4.78 is 29.6. The molecule has 1 unspecified atom stereocenters. The van der Waals surface area contributed by atoms with Crippen LogP contribution in [0.1, 0.15) is 36.3 Å². The van der Waals surface area contributed by atoms with E-state index in [0.29, 0.717) is 31.4 Å². The molecule has 1 aromatic carbocycles. The number of aliphatic hydroxyl groups is 1. The number of nitrogens with zero attached hydrogens (tertiary/aromatic N) is 2. The van der Waals surface area contributed by atoms with E-state index < -0.39 is 17.7 Å². The van der Waals surface area contributed by atoms with E-state index in [2.05, 4.69) is 21.0 Å². The number of aliphatic hydroxyl groups excluding tert-OH is 1. The Morgan fingerprint density at radius 1 is 1.21 bits per heavy atom. The Bertz CT molecular complexity index is 939. The topological polar surface area (TPSA) is 64.1 Å². The van der Waals surface area contributed by atoms with Crippen LogP contribution in [0.25, 0.3) is 11.3 Å². The SMILES string of the molecule is CCn1ncc(Br)c1-c1csc(C(O)CC[C@H](CN)Cc2cc(F)cc(F)c2)c1. The first-order chi connectivity index (χ1) is 13.9. The predicted molar refractivity (Wildman–Crippen MR) is 116 cm³/mol. The average Bonchev–Trinajstić information content (AvgIpc) is 3.30. The second-order valence-electron chi connectivity index (χ2n) is 7.07. The van der Waals surface area contributed by atoms with Gasteiger partial charge in [0.2, 0.25) is 0 Å². The van der Waals surface area contributed by atoms with Gasteiger partial charge in [-0.25, -0.2) is 8.78 Å². The molecule has 0 aliphatic carbocycles. The van der Waals surface area contributed by atoms with Gasteiger partial charge in [-0.05, 0) is 78.3 Å². The molecule has 2 aromatic heterocycles. The number of rotatable bonds is 9. The first-order valence-electron chi connectivity index (χ1n) is 9.54. The normalized spacial score (nSPS) is 13.6. The maximum Gasteiger partial charge on any atom is 0.126 e. The highest BCUT2D eigenvalue weighted by molar-refractivity contribution is 9.10. The average molecular weight is 484 g/mol. The summed E-state index contributed by atoms with van der Waals surface area (Å²) in [5.74, 6) is -1.13. The zero-order valence-corrected chi connectivity index (χ0v) is 18.5. The highest BCUT2D eigenvalue weighted by atomic mass is 79.9. The van der Waals surface area contributed by atoms with Crippen LogP contribution in [0.2, 0.25) is 0 Å². The molecule has 3 aromatic rings. The van der Waals surface area contributed by atoms with Gasteiger partial charge in [0.15, 0.2) is 0 Å². The largest absolute Gasteiger partial charge is 0.388 e. The van der Waals surface area contributed by atoms with Crippen molar-refractivity contribution in [2.45, 2.75) is 38.8 Å². The van der Waals surface area contributed by atoms with Crippen LogP contribution in [-0.4, -0.2) is 21.4 Å². The summed E-state index contributed by atoms with van der Waals surface area (Å²) in [7, 11) is 0. The minimum absolute atomic E-state index is 0.0425. The van der Waals surface area contributed by atoms with Crippen LogP contribution >= 0.6 is 27.3 Å². The summed E-state index contributed by atoms with van der Waals surface area (Å²) in [5, 5.41) is 17.0. The van der Waals surface area contributed by atoms with E-state index in [9.17, 15) is 13.9 Å². The molecule has 2 atom stereocenters. The number of hydrogen-bond acceptors (Lipinski definition) is 4. The van der Waals surface area contributed by atoms with Gasteiger partial charge in [-0.3, -0.25) is 4.68 Å². The van der Waals surface area contributed by atoms with Crippen LogP contribution < -0.4 is 5.73 Å². The lowest BCUT2D eigenvalue weighted by atomic mass is 9.93. The molecule has 29 heavy (non-hydrogen) atoms. The smallest absolute Gasteiger partial charge is 0.126 e. The maximum atomic E-state index is 13.4. The number of nitrogens with two attached hydrogens (primary N) is 1. The van der Waals surface area contributed by atoms with Crippen LogP contribution in [0.4, 0.5) is 8.78 Å². The summed E-state index contributed by atoms with van der Waals surface area (Å²) >= 11 is 5.04. The number of benzene rings is 1. The Kier molecular flexibility index (Phi) is 7.56. The van der Waals surface area contributed by atoms with Gasteiger partial charge < -0.3 is 10.8 Å². The summed E-state index contributed by atoms with van der Waals surface area (Å²) in [4.78, 5) is 0.878. The molecule has 0 spiro atoms. The third kappa shape index (κ3) is 5.51. The lowest BCUT2D eigenvalue weighted by Gasteiger charge is -2.17. The Balaban J connectivity index is 1.63. The van der Waals surface area contributed by atoms with Crippen molar-refractivity contribution in [3.63, 3.8) is 0 Å². The molecule has 0 radical (unpaired) electrons. The molecular weight excluding hydrogens is 460 g/mol. The molecule has 3 N–H and O–H groups in total. The Labute approximate surface area is 181 Å². The predicted octanol–water partition coefficient (Wildman–Crippen LogP) is 5.30. The summed E-state index contributed by atoms with van der Waals surface area (Å²) in [6.45, 7) is 3.18. The number of aromatic nitrogens is 2. The van der Waals surface area contributed by atoms with E-state index >= 15 is 0 Å². The van der Waals surface area contributed by atoms with Crippen LogP contribution in [0.15, 0.2) is 40.3 Å². The fourth-order valence-electron chi connectivity index (χ4n) is 3.44. The molecule has 4 nitrogen and oxygen atoms in total. The van der Waals surface area contributed by atoms with Crippen molar-refractivity contribution in [1.29, 1.82) is 0 Å². The third-order valence-electron chi connectivity index (χ3n) is 4.94. The van der Waals surface area contributed by atoms with E-state index in [1.54, 1.807) is 6.20 Å². The van der Waals surface area contributed by atoms with Crippen molar-refractivity contribution in [3.05, 3.63) is 62.4 Å². The van der Waals surface area contributed by atoms with Crippen molar-refractivity contribution in [3.8, 4) is 11.3 Å². The monoisotopic (exact) mass is 483 g/mol. The van der Waals surface area contributed by atoms with Gasteiger partial charge in [0, 0.05) is 28.4 Å². The van der Waals surface area contributed by atoms with E-state index in [1.165, 1.54) is 23.5 Å². The third-order valence-corrected chi connectivity index (χ3v) is 6.56. The van der Waals surface area contributed by atoms with Gasteiger partial charge in [0.25, 0.3) is 0 Å². The molecule has 3 rings (SSSR count). The Hall–Kier alpha value is -1.61. The quantitative estimate of drug-likeness (QED) is 0.433. The molecule has 0 fully saturated rings. The molecule has 0 aliphatic heterocycles. The van der Waals surface area contributed by atoms with E-state index in [-0.39, 0.29) is 5.92 Å². The molecule has 0 saturated heterocycles. The van der Waals surface area contributed by atoms with Crippen molar-refractivity contribution in [2.75, 3.05) is 6.54 Å². The Morgan fingerprint density at radius 3 is 2.59 bits per heavy atom. The highest BCUT2D eigenvalue weighted by Gasteiger charge is 2.18. The molecule has 2 heterocycles. The van der Waals surface area contributed by atoms with Gasteiger partial charge >= 0.3 is 0 Å². The van der Waals surface area contributed by atoms with Crippen molar-refractivity contribution >= 4 is 27.3 Å². The molecule has 0 aliphatic rings. The van der Waals surface area contributed by atoms with Gasteiger partial charge in [-0.1, -0.05) is 0 Å². The van der Waals surface area contributed by atoms with Crippen LogP contribution in [-0.2, 0) is 13.0 Å². The molecule has 0 amide bonds. The van der Waals surface area contributed by atoms with Gasteiger partial charge in [-0.15, -0.1) is 11.3 Å². The number of aryl methyl sites for hydroxylation is 1. The zero-order valence-electron chi connectivity index (χ0n) is 16.1. The minimum Gasteiger partial charge on any atom is -0.388 e. The molecule has 156 valence electrons. The van der Waals surface area contributed by atoms with Crippen LogP contribution in [0, 0.1) is 17.6 Å². The highest BCUT2D eigenvalue weighted by Crippen LogP contribution is 2.35. The Morgan fingerprint density at radius 2 is 1.93 bits per heavy atom. The van der Waals surface area contributed by atoms with Crippen LogP contribution in [0.3, 0.4) is 0 Å². The maximum absolute atomic E-state index is 13.4. The number of thiophene rings is 1. The molecular formula is C21H24BrF2N3OS. The second-order valence-corrected chi connectivity index (χ2v) is 8.87. The van der Waals surface area contributed by atoms with Crippen molar-refractivity contribution in [2.24, 2.45) is 11.7 Å². The van der Waals surface area contributed by atoms with Gasteiger partial charge in [-0.2, -0.15) is 5.10 Å². The standard InChI is InChI=1S/C21H24BrF2N3OS/c1-2-27-21(18(22)11-26-27)15-8-20(29-12-15)19(28)4-3-13(10-25)5-14-6-16(23)9-17(24)7-14/h6-9,11-13,19,28H,2-5,10,25H2,1H3/t13-,19?/m0/s1. The lowest BCUT2D eigenvalue weighted by Crippen LogP contribution is -2.18. The van der Waals surface area contributed by atoms with Crippen molar-refractivity contribution < 1.29 is 13.9 Å². The number of halogens is 3. The minimum atomic E-state index is -0.608. The van der Waals surface area contributed by atoms with E-state index in [1.807, 2.05) is 23.1 Å². The molecule has 0 saturated carbocycles. The lowest BCUT2D eigenvalue weighted by molar-refractivity contribution is 0.160. The van der Waals surface area contributed by atoms with E-state index in [4.69, 9.17) is 5.73 Å². The first-order valence-corrected chi connectivity index (χ1v) is 11.2. The second kappa shape index (κ2) is 9.93. The summed E-state index contributed by atoms with van der Waals surface area (Å²) in [6, 6.07) is 5.52. The van der Waals surface area contributed by atoms with Gasteiger partial charge in [0.05, 0.1) is 22.5 Å². The fraction of sp³-hybridized carbons (Fsp3) is 0.381. The van der Waals surface area contributed by atoms with E-state index in [0.717, 1.165) is 33.2 Å². The van der Waals surface area contributed by atoms with Gasteiger partial charge in [0.1, 0.15) is 11.6 Å². The first kappa shape index (κ1) is 22.1.